The topological polar surface area (TPSA) is 30.5 Å². The summed E-state index contributed by atoms with van der Waals surface area (Å²) in [5, 5.41) is 5.57. The summed E-state index contributed by atoms with van der Waals surface area (Å²) < 4.78 is 12.5. The van der Waals surface area contributed by atoms with Gasteiger partial charge in [0.05, 0.1) is 12.7 Å². The van der Waals surface area contributed by atoms with Gasteiger partial charge in [-0.1, -0.05) is 0 Å². The van der Waals surface area contributed by atoms with Crippen LogP contribution in [-0.2, 0) is 9.47 Å². The fourth-order valence-electron chi connectivity index (χ4n) is 1.88. The third-order valence-corrected chi connectivity index (χ3v) is 4.81. The van der Waals surface area contributed by atoms with Crippen molar-refractivity contribution in [2.45, 2.75) is 38.7 Å². The maximum absolute atomic E-state index is 5.75. The van der Waals surface area contributed by atoms with Crippen LogP contribution < -0.4 is 5.32 Å². The number of hydrogen-bond acceptors (Lipinski definition) is 4. The second-order valence-corrected chi connectivity index (χ2v) is 6.52. The van der Waals surface area contributed by atoms with Gasteiger partial charge in [0.15, 0.2) is 5.79 Å². The molecule has 0 saturated carbocycles. The molecular formula is C12H18BrNO2S. The van der Waals surface area contributed by atoms with Crippen LogP contribution in [0.1, 0.15) is 31.7 Å². The Morgan fingerprint density at radius 2 is 2.41 bits per heavy atom. The predicted molar refractivity (Wildman–Crippen MR) is 73.3 cm³/mol. The Hall–Kier alpha value is 0.0600. The Kier molecular flexibility index (Phi) is 4.26. The molecule has 0 aliphatic carbocycles. The van der Waals surface area contributed by atoms with Gasteiger partial charge in [0.1, 0.15) is 0 Å². The third kappa shape index (κ3) is 3.51. The molecule has 0 aromatic carbocycles. The molecule has 5 heteroatoms. The highest BCUT2D eigenvalue weighted by atomic mass is 79.9. The summed E-state index contributed by atoms with van der Waals surface area (Å²) in [5.41, 5.74) is 0. The summed E-state index contributed by atoms with van der Waals surface area (Å²) in [6.07, 6.45) is 0.145. The molecule has 1 aliphatic heterocycles. The van der Waals surface area contributed by atoms with Crippen molar-refractivity contribution in [2.75, 3.05) is 13.2 Å². The monoisotopic (exact) mass is 319 g/mol. The SMILES string of the molecule is CC(NCC1COC(C)(C)O1)c1sccc1Br. The highest BCUT2D eigenvalue weighted by Crippen LogP contribution is 2.29. The van der Waals surface area contributed by atoms with Crippen molar-refractivity contribution >= 4 is 27.3 Å². The van der Waals surface area contributed by atoms with Gasteiger partial charge >= 0.3 is 0 Å². The second kappa shape index (κ2) is 5.36. The lowest BCUT2D eigenvalue weighted by Gasteiger charge is -2.19. The molecule has 2 heterocycles. The number of halogens is 1. The van der Waals surface area contributed by atoms with Gasteiger partial charge in [0.2, 0.25) is 0 Å². The van der Waals surface area contributed by atoms with Gasteiger partial charge in [-0.25, -0.2) is 0 Å². The standard InChI is InChI=1S/C12H18BrNO2S/c1-8(11-10(13)4-5-17-11)14-6-9-7-15-12(2,3)16-9/h4-5,8-9,14H,6-7H2,1-3H3. The van der Waals surface area contributed by atoms with Crippen LogP contribution in [0.5, 0.6) is 0 Å². The highest BCUT2D eigenvalue weighted by molar-refractivity contribution is 9.10. The summed E-state index contributed by atoms with van der Waals surface area (Å²) >= 11 is 5.31. The molecule has 1 aromatic rings. The van der Waals surface area contributed by atoms with Crippen molar-refractivity contribution in [2.24, 2.45) is 0 Å². The average Bonchev–Trinajstić information content (AvgIpc) is 2.81. The van der Waals surface area contributed by atoms with E-state index in [2.05, 4.69) is 39.6 Å². The summed E-state index contributed by atoms with van der Waals surface area (Å²) in [7, 11) is 0. The first-order valence-electron chi connectivity index (χ1n) is 5.76. The molecule has 1 fully saturated rings. The molecule has 1 N–H and O–H groups in total. The van der Waals surface area contributed by atoms with Gasteiger partial charge in [-0.15, -0.1) is 11.3 Å². The van der Waals surface area contributed by atoms with Crippen LogP contribution in [0.4, 0.5) is 0 Å². The largest absolute Gasteiger partial charge is 0.348 e. The summed E-state index contributed by atoms with van der Waals surface area (Å²) in [5.74, 6) is -0.431. The maximum atomic E-state index is 5.75. The second-order valence-electron chi connectivity index (χ2n) is 4.71. The van der Waals surface area contributed by atoms with Crippen LogP contribution in [-0.4, -0.2) is 25.0 Å². The predicted octanol–water partition coefficient (Wildman–Crippen LogP) is 3.31. The van der Waals surface area contributed by atoms with Crippen LogP contribution in [0.3, 0.4) is 0 Å². The minimum atomic E-state index is -0.431. The lowest BCUT2D eigenvalue weighted by Crippen LogP contribution is -2.31. The van der Waals surface area contributed by atoms with Gasteiger partial charge in [-0.3, -0.25) is 0 Å². The molecule has 1 saturated heterocycles. The number of hydrogen-bond donors (Lipinski definition) is 1. The summed E-state index contributed by atoms with van der Waals surface area (Å²) in [6, 6.07) is 2.41. The Labute approximate surface area is 115 Å². The molecule has 1 aromatic heterocycles. The minimum Gasteiger partial charge on any atom is -0.348 e. The molecule has 0 amide bonds. The quantitative estimate of drug-likeness (QED) is 0.923. The molecule has 1 aliphatic rings. The lowest BCUT2D eigenvalue weighted by molar-refractivity contribution is -0.137. The van der Waals surface area contributed by atoms with Crippen LogP contribution in [0.2, 0.25) is 0 Å². The van der Waals surface area contributed by atoms with E-state index in [0.717, 1.165) is 6.54 Å². The smallest absolute Gasteiger partial charge is 0.163 e. The van der Waals surface area contributed by atoms with Crippen LogP contribution in [0.15, 0.2) is 15.9 Å². The minimum absolute atomic E-state index is 0.145. The van der Waals surface area contributed by atoms with E-state index in [0.29, 0.717) is 12.6 Å². The van der Waals surface area contributed by atoms with E-state index in [1.165, 1.54) is 9.35 Å². The van der Waals surface area contributed by atoms with Crippen molar-refractivity contribution in [3.05, 3.63) is 20.8 Å². The maximum Gasteiger partial charge on any atom is 0.163 e. The van der Waals surface area contributed by atoms with E-state index in [-0.39, 0.29) is 6.10 Å². The fraction of sp³-hybridized carbons (Fsp3) is 0.667. The Balaban J connectivity index is 1.81. The molecule has 2 atom stereocenters. The third-order valence-electron chi connectivity index (χ3n) is 2.76. The van der Waals surface area contributed by atoms with Crippen molar-refractivity contribution in [1.29, 1.82) is 0 Å². The number of nitrogens with one attached hydrogen (secondary N) is 1. The molecule has 0 spiro atoms. The zero-order valence-corrected chi connectivity index (χ0v) is 12.7. The first kappa shape index (κ1) is 13.5. The Morgan fingerprint density at radius 3 is 2.94 bits per heavy atom. The first-order valence-corrected chi connectivity index (χ1v) is 7.43. The van der Waals surface area contributed by atoms with Crippen LogP contribution >= 0.6 is 27.3 Å². The van der Waals surface area contributed by atoms with Crippen molar-refractivity contribution in [3.8, 4) is 0 Å². The molecule has 96 valence electrons. The normalized spacial score (nSPS) is 25.1. The van der Waals surface area contributed by atoms with Gasteiger partial charge in [-0.2, -0.15) is 0 Å². The molecule has 2 unspecified atom stereocenters. The van der Waals surface area contributed by atoms with E-state index in [9.17, 15) is 0 Å². The number of thiophene rings is 1. The zero-order valence-electron chi connectivity index (χ0n) is 10.3. The lowest BCUT2D eigenvalue weighted by atomic mass is 10.2. The Bertz CT molecular complexity index is 380. The first-order chi connectivity index (χ1) is 7.98. The summed E-state index contributed by atoms with van der Waals surface area (Å²) in [6.45, 7) is 7.55. The van der Waals surface area contributed by atoms with E-state index in [4.69, 9.17) is 9.47 Å². The van der Waals surface area contributed by atoms with E-state index in [1.807, 2.05) is 13.8 Å². The van der Waals surface area contributed by atoms with Crippen LogP contribution in [0.25, 0.3) is 0 Å². The van der Waals surface area contributed by atoms with Crippen LogP contribution in [0, 0.1) is 0 Å². The fourth-order valence-corrected chi connectivity index (χ4v) is 3.63. The zero-order chi connectivity index (χ0) is 12.5. The van der Waals surface area contributed by atoms with E-state index < -0.39 is 5.79 Å². The van der Waals surface area contributed by atoms with Gasteiger partial charge in [0.25, 0.3) is 0 Å². The van der Waals surface area contributed by atoms with E-state index in [1.54, 1.807) is 11.3 Å². The Morgan fingerprint density at radius 1 is 1.65 bits per heavy atom. The molecular weight excluding hydrogens is 302 g/mol. The van der Waals surface area contributed by atoms with Crippen molar-refractivity contribution in [3.63, 3.8) is 0 Å². The van der Waals surface area contributed by atoms with Gasteiger partial charge < -0.3 is 14.8 Å². The molecule has 2 rings (SSSR count). The van der Waals surface area contributed by atoms with Crippen molar-refractivity contribution < 1.29 is 9.47 Å². The van der Waals surface area contributed by atoms with E-state index >= 15 is 0 Å². The average molecular weight is 320 g/mol. The molecule has 0 radical (unpaired) electrons. The molecule has 0 bridgehead atoms. The highest BCUT2D eigenvalue weighted by Gasteiger charge is 2.32. The summed E-state index contributed by atoms with van der Waals surface area (Å²) in [4.78, 5) is 1.32. The van der Waals surface area contributed by atoms with Crippen molar-refractivity contribution in [1.82, 2.24) is 5.32 Å². The number of rotatable bonds is 4. The molecule has 3 nitrogen and oxygen atoms in total. The van der Waals surface area contributed by atoms with Gasteiger partial charge in [-0.05, 0) is 48.1 Å². The molecule has 17 heavy (non-hydrogen) atoms. The van der Waals surface area contributed by atoms with Gasteiger partial charge in [0, 0.05) is 21.9 Å². The number of ether oxygens (including phenoxy) is 2.